The normalized spacial score (nSPS) is 10.2. The van der Waals surface area contributed by atoms with Crippen LogP contribution in [0, 0.1) is 6.92 Å². The molecule has 0 fully saturated rings. The summed E-state index contributed by atoms with van der Waals surface area (Å²) in [6.45, 7) is 2.07. The first-order valence-corrected chi connectivity index (χ1v) is 5.36. The summed E-state index contributed by atoms with van der Waals surface area (Å²) >= 11 is 1.70. The van der Waals surface area contributed by atoms with Crippen molar-refractivity contribution in [2.45, 2.75) is 19.8 Å². The van der Waals surface area contributed by atoms with E-state index in [4.69, 9.17) is 4.84 Å². The highest BCUT2D eigenvalue weighted by atomic mass is 32.1. The van der Waals surface area contributed by atoms with Crippen LogP contribution in [-0.4, -0.2) is 25.1 Å². The van der Waals surface area contributed by atoms with Crippen molar-refractivity contribution >= 4 is 17.2 Å². The number of aryl methyl sites for hydroxylation is 2. The van der Waals surface area contributed by atoms with Crippen LogP contribution >= 0.6 is 11.3 Å². The summed E-state index contributed by atoms with van der Waals surface area (Å²) in [5.41, 5.74) is 1.27. The molecule has 0 atom stereocenters. The Morgan fingerprint density at radius 1 is 1.64 bits per heavy atom. The highest BCUT2D eigenvalue weighted by Crippen LogP contribution is 2.17. The van der Waals surface area contributed by atoms with E-state index < -0.39 is 0 Å². The van der Waals surface area contributed by atoms with Crippen molar-refractivity contribution in [3.05, 3.63) is 21.9 Å². The van der Waals surface area contributed by atoms with Gasteiger partial charge in [0.1, 0.15) is 0 Å². The highest BCUT2D eigenvalue weighted by molar-refractivity contribution is 7.10. The number of nitrogens with zero attached hydrogens (tertiary/aromatic N) is 1. The van der Waals surface area contributed by atoms with Crippen LogP contribution in [0.5, 0.6) is 0 Å². The number of hydrogen-bond acceptors (Lipinski definition) is 3. The van der Waals surface area contributed by atoms with Crippen LogP contribution in [0.3, 0.4) is 0 Å². The lowest BCUT2D eigenvalue weighted by Crippen LogP contribution is -2.25. The third-order valence-electron chi connectivity index (χ3n) is 2.16. The zero-order valence-electron chi connectivity index (χ0n) is 8.74. The van der Waals surface area contributed by atoms with Crippen LogP contribution < -0.4 is 0 Å². The van der Waals surface area contributed by atoms with Gasteiger partial charge in [-0.25, -0.2) is 5.06 Å². The van der Waals surface area contributed by atoms with Gasteiger partial charge in [0.05, 0.1) is 7.11 Å². The molecule has 0 aliphatic carbocycles. The molecule has 0 N–H and O–H groups in total. The lowest BCUT2D eigenvalue weighted by Gasteiger charge is -2.12. The van der Waals surface area contributed by atoms with Crippen molar-refractivity contribution in [3.63, 3.8) is 0 Å². The first-order valence-electron chi connectivity index (χ1n) is 4.48. The van der Waals surface area contributed by atoms with E-state index in [2.05, 4.69) is 18.4 Å². The first-order chi connectivity index (χ1) is 6.65. The Balaban J connectivity index is 2.41. The Labute approximate surface area is 88.3 Å². The molecule has 14 heavy (non-hydrogen) atoms. The van der Waals surface area contributed by atoms with Crippen molar-refractivity contribution in [3.8, 4) is 0 Å². The second kappa shape index (κ2) is 5.12. The van der Waals surface area contributed by atoms with Crippen LogP contribution in [-0.2, 0) is 16.1 Å². The molecule has 0 bridgehead atoms. The average molecular weight is 213 g/mol. The fourth-order valence-electron chi connectivity index (χ4n) is 1.14. The molecule has 1 heterocycles. The smallest absolute Gasteiger partial charge is 0.246 e. The van der Waals surface area contributed by atoms with Gasteiger partial charge >= 0.3 is 0 Å². The molecule has 1 aromatic rings. The molecular formula is C10H15NO2S. The summed E-state index contributed by atoms with van der Waals surface area (Å²) in [5.74, 6) is 0.0142. The maximum absolute atomic E-state index is 11.4. The number of hydrogen-bond donors (Lipinski definition) is 0. The van der Waals surface area contributed by atoms with E-state index >= 15 is 0 Å². The SMILES string of the molecule is CON(C)C(=O)CCc1sccc1C. The van der Waals surface area contributed by atoms with E-state index in [1.165, 1.54) is 22.6 Å². The van der Waals surface area contributed by atoms with Gasteiger partial charge < -0.3 is 0 Å². The monoisotopic (exact) mass is 213 g/mol. The van der Waals surface area contributed by atoms with Gasteiger partial charge in [-0.1, -0.05) is 0 Å². The van der Waals surface area contributed by atoms with Gasteiger partial charge in [-0.3, -0.25) is 9.63 Å². The van der Waals surface area contributed by atoms with E-state index in [9.17, 15) is 4.79 Å². The Hall–Kier alpha value is -0.870. The van der Waals surface area contributed by atoms with Crippen LogP contribution in [0.1, 0.15) is 16.9 Å². The maximum atomic E-state index is 11.4. The van der Waals surface area contributed by atoms with Crippen LogP contribution in [0.15, 0.2) is 11.4 Å². The Kier molecular flexibility index (Phi) is 4.10. The van der Waals surface area contributed by atoms with E-state index in [0.29, 0.717) is 6.42 Å². The Morgan fingerprint density at radius 3 is 2.86 bits per heavy atom. The molecule has 0 aromatic carbocycles. The van der Waals surface area contributed by atoms with Gasteiger partial charge in [0.15, 0.2) is 0 Å². The summed E-state index contributed by atoms with van der Waals surface area (Å²) in [5, 5.41) is 3.32. The average Bonchev–Trinajstić information content (AvgIpc) is 2.59. The highest BCUT2D eigenvalue weighted by Gasteiger charge is 2.09. The second-order valence-corrected chi connectivity index (χ2v) is 4.10. The third kappa shape index (κ3) is 2.82. The van der Waals surface area contributed by atoms with Crippen molar-refractivity contribution < 1.29 is 9.63 Å². The molecule has 0 aliphatic heterocycles. The second-order valence-electron chi connectivity index (χ2n) is 3.10. The summed E-state index contributed by atoms with van der Waals surface area (Å²) in [6.07, 6.45) is 1.31. The van der Waals surface area contributed by atoms with Crippen molar-refractivity contribution in [2.24, 2.45) is 0 Å². The third-order valence-corrected chi connectivity index (χ3v) is 3.24. The van der Waals surface area contributed by atoms with E-state index in [0.717, 1.165) is 6.42 Å². The molecule has 1 rings (SSSR count). The fraction of sp³-hybridized carbons (Fsp3) is 0.500. The van der Waals surface area contributed by atoms with E-state index in [1.807, 2.05) is 0 Å². The number of thiophene rings is 1. The molecule has 1 amide bonds. The fourth-order valence-corrected chi connectivity index (χ4v) is 2.05. The number of carbonyl (C=O) groups is 1. The number of rotatable bonds is 4. The van der Waals surface area contributed by atoms with E-state index in [-0.39, 0.29) is 5.91 Å². The van der Waals surface area contributed by atoms with Gasteiger partial charge in [-0.15, -0.1) is 11.3 Å². The molecule has 0 aliphatic rings. The van der Waals surface area contributed by atoms with Gasteiger partial charge in [0, 0.05) is 18.3 Å². The quantitative estimate of drug-likeness (QED) is 0.716. The zero-order chi connectivity index (χ0) is 10.6. The lowest BCUT2D eigenvalue weighted by atomic mass is 10.2. The number of carbonyl (C=O) groups excluding carboxylic acids is 1. The van der Waals surface area contributed by atoms with Gasteiger partial charge in [0.25, 0.3) is 0 Å². The van der Waals surface area contributed by atoms with Crippen LogP contribution in [0.2, 0.25) is 0 Å². The summed E-state index contributed by atoms with van der Waals surface area (Å²) < 4.78 is 0. The molecule has 0 radical (unpaired) electrons. The molecular weight excluding hydrogens is 198 g/mol. The van der Waals surface area contributed by atoms with Gasteiger partial charge in [-0.2, -0.15) is 0 Å². The predicted molar refractivity (Wildman–Crippen MR) is 57.2 cm³/mol. The van der Waals surface area contributed by atoms with Crippen molar-refractivity contribution in [2.75, 3.05) is 14.2 Å². The molecule has 4 heteroatoms. The topological polar surface area (TPSA) is 29.5 Å². The predicted octanol–water partition coefficient (Wildman–Crippen LogP) is 2.01. The number of hydroxylamine groups is 2. The zero-order valence-corrected chi connectivity index (χ0v) is 9.56. The summed E-state index contributed by atoms with van der Waals surface area (Å²) in [6, 6.07) is 2.07. The summed E-state index contributed by atoms with van der Waals surface area (Å²) in [7, 11) is 3.12. The number of amides is 1. The summed E-state index contributed by atoms with van der Waals surface area (Å²) in [4.78, 5) is 17.5. The largest absolute Gasteiger partial charge is 0.275 e. The molecule has 0 spiro atoms. The minimum Gasteiger partial charge on any atom is -0.275 e. The lowest BCUT2D eigenvalue weighted by molar-refractivity contribution is -0.168. The minimum absolute atomic E-state index is 0.0142. The van der Waals surface area contributed by atoms with Crippen LogP contribution in [0.25, 0.3) is 0 Å². The standard InChI is InChI=1S/C10H15NO2S/c1-8-6-7-14-9(8)4-5-10(12)11(2)13-3/h6-7H,4-5H2,1-3H3. The van der Waals surface area contributed by atoms with Gasteiger partial charge in [-0.05, 0) is 30.4 Å². The van der Waals surface area contributed by atoms with E-state index in [1.54, 1.807) is 18.4 Å². The molecule has 0 saturated carbocycles. The molecule has 0 saturated heterocycles. The molecule has 78 valence electrons. The minimum atomic E-state index is 0.0142. The molecule has 0 unspecified atom stereocenters. The Bertz CT molecular complexity index is 309. The van der Waals surface area contributed by atoms with Crippen molar-refractivity contribution in [1.29, 1.82) is 0 Å². The van der Waals surface area contributed by atoms with Gasteiger partial charge in [0.2, 0.25) is 5.91 Å². The van der Waals surface area contributed by atoms with Crippen LogP contribution in [0.4, 0.5) is 0 Å². The maximum Gasteiger partial charge on any atom is 0.246 e. The molecule has 1 aromatic heterocycles. The Morgan fingerprint density at radius 2 is 2.36 bits per heavy atom. The first kappa shape index (κ1) is 11.2. The molecule has 3 nitrogen and oxygen atoms in total. The van der Waals surface area contributed by atoms with Crippen molar-refractivity contribution in [1.82, 2.24) is 5.06 Å².